The van der Waals surface area contributed by atoms with Crippen LogP contribution in [0, 0.1) is 0 Å². The zero-order chi connectivity index (χ0) is 20.3. The number of rotatable bonds is 7. The van der Waals surface area contributed by atoms with Gasteiger partial charge in [0.05, 0.1) is 5.75 Å². The van der Waals surface area contributed by atoms with E-state index in [1.807, 2.05) is 6.07 Å². The van der Waals surface area contributed by atoms with E-state index in [-0.39, 0.29) is 5.75 Å². The Morgan fingerprint density at radius 3 is 2.76 bits per heavy atom. The molecule has 156 valence electrons. The first-order valence-electron chi connectivity index (χ1n) is 10.0. The van der Waals surface area contributed by atoms with Crippen LogP contribution in [0.2, 0.25) is 0 Å². The maximum absolute atomic E-state index is 11.3. The van der Waals surface area contributed by atoms with E-state index in [1.54, 1.807) is 18.2 Å². The smallest absolute Gasteiger partial charge is 0.231 e. The third-order valence-electron chi connectivity index (χ3n) is 5.41. The van der Waals surface area contributed by atoms with Crippen LogP contribution in [0.5, 0.6) is 0 Å². The van der Waals surface area contributed by atoms with E-state index in [9.17, 15) is 8.42 Å². The highest BCUT2D eigenvalue weighted by molar-refractivity contribution is 7.88. The summed E-state index contributed by atoms with van der Waals surface area (Å²) >= 11 is 0. The number of anilines is 3. The number of sulfonamides is 1. The topological polar surface area (TPSA) is 117 Å². The summed E-state index contributed by atoms with van der Waals surface area (Å²) in [5.41, 5.74) is 1.32. The van der Waals surface area contributed by atoms with Crippen LogP contribution in [0.1, 0.15) is 31.2 Å². The minimum Gasteiger partial charge on any atom is -0.336 e. The normalized spacial score (nSPS) is 20.3. The van der Waals surface area contributed by atoms with Crippen molar-refractivity contribution in [3.8, 4) is 0 Å². The van der Waals surface area contributed by atoms with Gasteiger partial charge in [-0.1, -0.05) is 12.1 Å². The largest absolute Gasteiger partial charge is 0.336 e. The quantitative estimate of drug-likeness (QED) is 0.695. The summed E-state index contributed by atoms with van der Waals surface area (Å²) in [7, 11) is -3.58. The van der Waals surface area contributed by atoms with Gasteiger partial charge in [0.1, 0.15) is 6.33 Å². The molecule has 2 aromatic rings. The molecule has 0 radical (unpaired) electrons. The molecule has 4 rings (SSSR count). The van der Waals surface area contributed by atoms with Crippen molar-refractivity contribution in [2.75, 3.05) is 36.4 Å². The van der Waals surface area contributed by atoms with E-state index in [4.69, 9.17) is 5.14 Å². The van der Waals surface area contributed by atoms with Crippen LogP contribution in [0.4, 0.5) is 17.6 Å². The molecule has 2 fully saturated rings. The maximum atomic E-state index is 11.3. The average molecular weight is 418 g/mol. The molecule has 1 atom stereocenters. The summed E-state index contributed by atoms with van der Waals surface area (Å²) in [5.74, 6) is 0.913. The zero-order valence-electron chi connectivity index (χ0n) is 16.4. The fraction of sp³-hybridized carbons (Fsp3) is 0.526. The van der Waals surface area contributed by atoms with Crippen LogP contribution in [-0.4, -0.2) is 60.5 Å². The van der Waals surface area contributed by atoms with Crippen molar-refractivity contribution in [3.05, 3.63) is 36.2 Å². The predicted octanol–water partition coefficient (Wildman–Crippen LogP) is 1.47. The second-order valence-electron chi connectivity index (χ2n) is 7.74. The van der Waals surface area contributed by atoms with Gasteiger partial charge < -0.3 is 15.1 Å². The number of hydrogen-bond acceptors (Lipinski definition) is 8. The third-order valence-corrected chi connectivity index (χ3v) is 6.15. The van der Waals surface area contributed by atoms with Crippen LogP contribution < -0.4 is 15.4 Å². The van der Waals surface area contributed by atoms with Crippen LogP contribution in [0.15, 0.2) is 30.6 Å². The number of likely N-dealkylation sites (tertiary alicyclic amines) is 1. The Morgan fingerprint density at radius 1 is 1.14 bits per heavy atom. The van der Waals surface area contributed by atoms with Crippen LogP contribution in [0.25, 0.3) is 0 Å². The van der Waals surface area contributed by atoms with Crippen molar-refractivity contribution < 1.29 is 8.42 Å². The van der Waals surface area contributed by atoms with E-state index in [0.717, 1.165) is 25.9 Å². The Kier molecular flexibility index (Phi) is 5.93. The number of benzene rings is 1. The lowest BCUT2D eigenvalue weighted by Gasteiger charge is -2.28. The van der Waals surface area contributed by atoms with Crippen molar-refractivity contribution in [3.63, 3.8) is 0 Å². The second-order valence-corrected chi connectivity index (χ2v) is 9.35. The highest BCUT2D eigenvalue weighted by Gasteiger charge is 2.29. The fourth-order valence-electron chi connectivity index (χ4n) is 4.14. The third kappa shape index (κ3) is 5.40. The molecular weight excluding hydrogens is 390 g/mol. The van der Waals surface area contributed by atoms with E-state index >= 15 is 0 Å². The van der Waals surface area contributed by atoms with Gasteiger partial charge in [-0.05, 0) is 56.5 Å². The molecule has 0 spiro atoms. The van der Waals surface area contributed by atoms with Gasteiger partial charge >= 0.3 is 0 Å². The molecule has 2 saturated heterocycles. The summed E-state index contributed by atoms with van der Waals surface area (Å²) in [6, 6.07) is 7.50. The molecular formula is C19H27N7O2S. The van der Waals surface area contributed by atoms with Gasteiger partial charge in [0.15, 0.2) is 0 Å². The van der Waals surface area contributed by atoms with E-state index in [2.05, 4.69) is 30.1 Å². The Balaban J connectivity index is 1.46. The molecule has 10 heteroatoms. The van der Waals surface area contributed by atoms with Gasteiger partial charge in [-0.25, -0.2) is 23.5 Å². The molecule has 2 aliphatic rings. The molecule has 0 bridgehead atoms. The molecule has 1 aromatic carbocycles. The molecule has 3 heterocycles. The van der Waals surface area contributed by atoms with Crippen molar-refractivity contribution >= 4 is 27.6 Å². The predicted molar refractivity (Wildman–Crippen MR) is 112 cm³/mol. The van der Waals surface area contributed by atoms with Crippen LogP contribution >= 0.6 is 0 Å². The number of aromatic nitrogens is 3. The Hall–Kier alpha value is -2.30. The van der Waals surface area contributed by atoms with Crippen molar-refractivity contribution in [1.82, 2.24) is 19.9 Å². The second kappa shape index (κ2) is 8.60. The molecule has 9 nitrogen and oxygen atoms in total. The lowest BCUT2D eigenvalue weighted by Crippen LogP contribution is -2.40. The summed E-state index contributed by atoms with van der Waals surface area (Å²) < 4.78 is 22.7. The van der Waals surface area contributed by atoms with Crippen LogP contribution in [-0.2, 0) is 15.8 Å². The minimum atomic E-state index is -3.58. The maximum Gasteiger partial charge on any atom is 0.231 e. The van der Waals surface area contributed by atoms with Gasteiger partial charge in [-0.15, -0.1) is 0 Å². The van der Waals surface area contributed by atoms with Crippen molar-refractivity contribution in [1.29, 1.82) is 0 Å². The van der Waals surface area contributed by atoms with Gasteiger partial charge in [0.2, 0.25) is 21.9 Å². The molecule has 29 heavy (non-hydrogen) atoms. The highest BCUT2D eigenvalue weighted by atomic mass is 32.2. The summed E-state index contributed by atoms with van der Waals surface area (Å²) in [6.07, 6.45) is 6.39. The fourth-order valence-corrected chi connectivity index (χ4v) is 4.78. The SMILES string of the molecule is NS(=O)(=O)Cc1cccc(Nc2ncnc(N3CCCC3CN3CCCC3)n2)c1. The number of nitrogens with one attached hydrogen (secondary N) is 1. The Morgan fingerprint density at radius 2 is 1.97 bits per heavy atom. The summed E-state index contributed by atoms with van der Waals surface area (Å²) in [4.78, 5) is 18.0. The Bertz CT molecular complexity index is 947. The zero-order valence-corrected chi connectivity index (χ0v) is 17.2. The lowest BCUT2D eigenvalue weighted by atomic mass is 10.2. The molecule has 0 amide bonds. The first-order valence-corrected chi connectivity index (χ1v) is 11.7. The minimum absolute atomic E-state index is 0.211. The van der Waals surface area contributed by atoms with Gasteiger partial charge in [0, 0.05) is 24.8 Å². The molecule has 1 aromatic heterocycles. The molecule has 0 saturated carbocycles. The first kappa shape index (κ1) is 20.0. The summed E-state index contributed by atoms with van der Waals surface area (Å²) in [6.45, 7) is 4.38. The lowest BCUT2D eigenvalue weighted by molar-refractivity contribution is 0.313. The van der Waals surface area contributed by atoms with Gasteiger partial charge in [-0.3, -0.25) is 0 Å². The average Bonchev–Trinajstić information content (AvgIpc) is 3.33. The monoisotopic (exact) mass is 417 g/mol. The number of nitrogens with two attached hydrogens (primary N) is 1. The van der Waals surface area contributed by atoms with E-state index in [1.165, 1.54) is 32.3 Å². The van der Waals surface area contributed by atoms with Crippen LogP contribution in [0.3, 0.4) is 0 Å². The van der Waals surface area contributed by atoms with Gasteiger partial charge in [-0.2, -0.15) is 4.98 Å². The molecule has 3 N–H and O–H groups in total. The number of hydrogen-bond donors (Lipinski definition) is 2. The van der Waals surface area contributed by atoms with Crippen molar-refractivity contribution in [2.45, 2.75) is 37.5 Å². The standard InChI is InChI=1S/C19H27N7O2S/c20-29(27,28)13-15-5-3-6-16(11-15)23-18-21-14-22-19(24-18)26-10-4-7-17(26)12-25-8-1-2-9-25/h3,5-6,11,14,17H,1-2,4,7-10,12-13H2,(H2,20,27,28)(H,21,22,23,24). The Labute approximate surface area is 171 Å². The van der Waals surface area contributed by atoms with E-state index < -0.39 is 10.0 Å². The molecule has 2 aliphatic heterocycles. The van der Waals surface area contributed by atoms with Gasteiger partial charge in [0.25, 0.3) is 0 Å². The molecule has 1 unspecified atom stereocenters. The molecule has 0 aliphatic carbocycles. The summed E-state index contributed by atoms with van der Waals surface area (Å²) in [5, 5.41) is 8.29. The van der Waals surface area contributed by atoms with E-state index in [0.29, 0.717) is 29.2 Å². The number of nitrogens with zero attached hydrogens (tertiary/aromatic N) is 5. The first-order chi connectivity index (χ1) is 14.0. The highest BCUT2D eigenvalue weighted by Crippen LogP contribution is 2.25. The number of primary sulfonamides is 1. The van der Waals surface area contributed by atoms with Crippen molar-refractivity contribution in [2.24, 2.45) is 5.14 Å².